The quantitative estimate of drug-likeness (QED) is 0.239. The van der Waals surface area contributed by atoms with Crippen molar-refractivity contribution < 1.29 is 23.9 Å². The molecule has 0 aromatic heterocycles. The maximum atomic E-state index is 12.8. The maximum absolute atomic E-state index is 12.8. The molecule has 8 heteroatoms. The minimum absolute atomic E-state index is 0.000504. The van der Waals surface area contributed by atoms with Crippen LogP contribution in [0.4, 0.5) is 0 Å². The molecule has 30 heavy (non-hydrogen) atoms. The molecule has 2 bridgehead atoms. The lowest BCUT2D eigenvalue weighted by Gasteiger charge is -2.28. The number of rotatable bonds is 6. The molecule has 2 aliphatic carbocycles. The van der Waals surface area contributed by atoms with Crippen LogP contribution in [0.1, 0.15) is 34.3 Å². The van der Waals surface area contributed by atoms with E-state index >= 15 is 0 Å². The Labute approximate surface area is 192 Å². The smallest absolute Gasteiger partial charge is 0.308 e. The summed E-state index contributed by atoms with van der Waals surface area (Å²) in [5.41, 5.74) is 2.31. The lowest BCUT2D eigenvalue weighted by atomic mass is 9.81. The maximum Gasteiger partial charge on any atom is 0.308 e. The van der Waals surface area contributed by atoms with E-state index < -0.39 is 5.97 Å². The first-order chi connectivity index (χ1) is 14.2. The van der Waals surface area contributed by atoms with Crippen molar-refractivity contribution in [1.82, 2.24) is 4.90 Å². The average molecular weight is 541 g/mol. The number of benzene rings is 1. The van der Waals surface area contributed by atoms with Crippen molar-refractivity contribution in [3.63, 3.8) is 0 Å². The van der Waals surface area contributed by atoms with Crippen LogP contribution >= 0.6 is 31.9 Å². The molecule has 1 aromatic carbocycles. The van der Waals surface area contributed by atoms with Crippen molar-refractivity contribution in [2.24, 2.45) is 23.7 Å². The van der Waals surface area contributed by atoms with Crippen LogP contribution in [-0.2, 0) is 19.1 Å². The van der Waals surface area contributed by atoms with Crippen molar-refractivity contribution in [1.29, 1.82) is 0 Å². The summed E-state index contributed by atoms with van der Waals surface area (Å²) in [6, 6.07) is 5.54. The van der Waals surface area contributed by atoms with Gasteiger partial charge in [0.25, 0.3) is 0 Å². The van der Waals surface area contributed by atoms with Crippen LogP contribution in [0.25, 0.3) is 0 Å². The minimum atomic E-state index is -0.592. The SMILES string of the molecule is Cc1ccc(C)c(C(=O)COC(=O)CCN2C(=O)[C@H]3[C@@H]4C[C@H]([C@@H](Br)[C@H]4Br)[C@@H]3C2=O)c1. The Morgan fingerprint density at radius 3 is 2.27 bits per heavy atom. The minimum Gasteiger partial charge on any atom is -0.457 e. The van der Waals surface area contributed by atoms with Gasteiger partial charge in [-0.2, -0.15) is 0 Å². The number of alkyl halides is 2. The molecule has 0 N–H and O–H groups in total. The number of carbonyl (C=O) groups excluding carboxylic acids is 4. The molecule has 0 radical (unpaired) electrons. The number of carbonyl (C=O) groups is 4. The predicted molar refractivity (Wildman–Crippen MR) is 117 cm³/mol. The predicted octanol–water partition coefficient (Wildman–Crippen LogP) is 3.20. The van der Waals surface area contributed by atoms with Crippen LogP contribution in [0.3, 0.4) is 0 Å². The number of Topliss-reactive ketones (excluding diaryl/α,β-unsaturated/α-hetero) is 1. The van der Waals surface area contributed by atoms with E-state index in [0.717, 1.165) is 17.5 Å². The van der Waals surface area contributed by atoms with Crippen LogP contribution in [-0.4, -0.2) is 51.3 Å². The zero-order valence-corrected chi connectivity index (χ0v) is 19.9. The fraction of sp³-hybridized carbons (Fsp3) is 0.545. The number of ketones is 1. The summed E-state index contributed by atoms with van der Waals surface area (Å²) in [6.07, 6.45) is 0.761. The van der Waals surface area contributed by atoms with E-state index in [1.807, 2.05) is 26.0 Å². The summed E-state index contributed by atoms with van der Waals surface area (Å²) in [5, 5.41) is 0. The Morgan fingerprint density at radius 1 is 1.07 bits per heavy atom. The van der Waals surface area contributed by atoms with E-state index in [9.17, 15) is 19.2 Å². The van der Waals surface area contributed by atoms with Gasteiger partial charge in [-0.05, 0) is 43.7 Å². The van der Waals surface area contributed by atoms with E-state index in [1.165, 1.54) is 4.90 Å². The van der Waals surface area contributed by atoms with Crippen LogP contribution in [0.5, 0.6) is 0 Å². The molecule has 2 amide bonds. The number of esters is 1. The monoisotopic (exact) mass is 539 g/mol. The Hall–Kier alpha value is -1.54. The highest BCUT2D eigenvalue weighted by molar-refractivity contribution is 9.12. The third kappa shape index (κ3) is 3.55. The van der Waals surface area contributed by atoms with Crippen molar-refractivity contribution in [3.8, 4) is 0 Å². The molecule has 6 nitrogen and oxygen atoms in total. The summed E-state index contributed by atoms with van der Waals surface area (Å²) in [4.78, 5) is 51.8. The summed E-state index contributed by atoms with van der Waals surface area (Å²) in [5.74, 6) is -1.51. The zero-order chi connectivity index (χ0) is 21.7. The van der Waals surface area contributed by atoms with Crippen LogP contribution in [0.15, 0.2) is 18.2 Å². The second-order valence-electron chi connectivity index (χ2n) is 8.48. The lowest BCUT2D eigenvalue weighted by Crippen LogP contribution is -2.37. The number of hydrogen-bond acceptors (Lipinski definition) is 5. The van der Waals surface area contributed by atoms with Gasteiger partial charge < -0.3 is 4.74 Å². The molecular formula is C22H23Br2NO5. The first kappa shape index (κ1) is 21.7. The number of aryl methyl sites for hydroxylation is 2. The van der Waals surface area contributed by atoms with Gasteiger partial charge in [0.05, 0.1) is 18.3 Å². The highest BCUT2D eigenvalue weighted by atomic mass is 79.9. The number of nitrogens with zero attached hydrogens (tertiary/aromatic N) is 1. The molecule has 0 spiro atoms. The molecule has 1 aromatic rings. The molecular weight excluding hydrogens is 518 g/mol. The summed E-state index contributed by atoms with van der Waals surface area (Å²) < 4.78 is 5.11. The van der Waals surface area contributed by atoms with Gasteiger partial charge in [0, 0.05) is 21.8 Å². The van der Waals surface area contributed by atoms with E-state index in [4.69, 9.17) is 4.74 Å². The van der Waals surface area contributed by atoms with Crippen molar-refractivity contribution in [3.05, 3.63) is 34.9 Å². The second-order valence-corrected chi connectivity index (χ2v) is 10.6. The van der Waals surface area contributed by atoms with E-state index in [1.54, 1.807) is 6.07 Å². The first-order valence-corrected chi connectivity index (χ1v) is 11.9. The van der Waals surface area contributed by atoms with E-state index in [0.29, 0.717) is 5.56 Å². The van der Waals surface area contributed by atoms with Gasteiger partial charge in [-0.1, -0.05) is 49.6 Å². The number of hydrogen-bond donors (Lipinski definition) is 0. The van der Waals surface area contributed by atoms with Crippen molar-refractivity contribution in [2.75, 3.05) is 13.2 Å². The molecule has 2 saturated carbocycles. The van der Waals surface area contributed by atoms with Gasteiger partial charge in [-0.3, -0.25) is 24.1 Å². The number of ether oxygens (including phenoxy) is 1. The van der Waals surface area contributed by atoms with Gasteiger partial charge in [-0.15, -0.1) is 0 Å². The van der Waals surface area contributed by atoms with Gasteiger partial charge in [0.15, 0.2) is 6.61 Å². The van der Waals surface area contributed by atoms with Crippen molar-refractivity contribution in [2.45, 2.75) is 36.3 Å². The van der Waals surface area contributed by atoms with Gasteiger partial charge in [0.2, 0.25) is 17.6 Å². The third-order valence-corrected chi connectivity index (χ3v) is 9.88. The largest absolute Gasteiger partial charge is 0.457 e. The topological polar surface area (TPSA) is 80.8 Å². The Kier molecular flexibility index (Phi) is 5.92. The number of imide groups is 1. The first-order valence-electron chi connectivity index (χ1n) is 10.1. The summed E-state index contributed by atoms with van der Waals surface area (Å²) in [6.45, 7) is 3.37. The molecule has 3 aliphatic rings. The molecule has 160 valence electrons. The average Bonchev–Trinajstić information content (AvgIpc) is 3.31. The number of halogens is 2. The number of fused-ring (bicyclic) bond motifs is 5. The van der Waals surface area contributed by atoms with E-state index in [2.05, 4.69) is 31.9 Å². The third-order valence-electron chi connectivity index (χ3n) is 6.68. The second kappa shape index (κ2) is 8.19. The zero-order valence-electron chi connectivity index (χ0n) is 16.8. The Morgan fingerprint density at radius 2 is 1.67 bits per heavy atom. The highest BCUT2D eigenvalue weighted by Gasteiger charge is 2.66. The van der Waals surface area contributed by atoms with Crippen LogP contribution in [0, 0.1) is 37.5 Å². The molecule has 1 aliphatic heterocycles. The Balaban J connectivity index is 1.31. The lowest BCUT2D eigenvalue weighted by molar-refractivity contribution is -0.145. The van der Waals surface area contributed by atoms with Gasteiger partial charge in [-0.25, -0.2) is 0 Å². The highest BCUT2D eigenvalue weighted by Crippen LogP contribution is 2.60. The molecule has 0 unspecified atom stereocenters. The standard InChI is InChI=1S/C22H23Br2NO5/c1-10-3-4-11(2)12(7-10)15(26)9-30-16(27)5-6-25-21(28)17-13-8-14(18(17)22(25)29)20(24)19(13)23/h3-4,7,13-14,17-20H,5-6,8-9H2,1-2H3/t13-,14-,17-,18-,19-,20+/m0/s1. The van der Waals surface area contributed by atoms with Crippen LogP contribution < -0.4 is 0 Å². The van der Waals surface area contributed by atoms with Gasteiger partial charge in [0.1, 0.15) is 0 Å². The number of likely N-dealkylation sites (tertiary alicyclic amines) is 1. The summed E-state index contributed by atoms with van der Waals surface area (Å²) >= 11 is 7.31. The molecule has 6 atom stereocenters. The van der Waals surface area contributed by atoms with E-state index in [-0.39, 0.29) is 70.5 Å². The normalized spacial score (nSPS) is 31.9. The molecule has 1 heterocycles. The Bertz CT molecular complexity index is 900. The fourth-order valence-corrected chi connectivity index (χ4v) is 7.04. The molecule has 3 fully saturated rings. The van der Waals surface area contributed by atoms with Crippen molar-refractivity contribution >= 4 is 55.4 Å². The molecule has 4 rings (SSSR count). The molecule has 1 saturated heterocycles. The number of amides is 2. The van der Waals surface area contributed by atoms with Crippen LogP contribution in [0.2, 0.25) is 0 Å². The summed E-state index contributed by atoms with van der Waals surface area (Å²) in [7, 11) is 0. The fourth-order valence-electron chi connectivity index (χ4n) is 5.17. The van der Waals surface area contributed by atoms with Gasteiger partial charge >= 0.3 is 5.97 Å².